The average molecular weight is 476 g/mol. The number of anilines is 3. The van der Waals surface area contributed by atoms with Crippen molar-refractivity contribution >= 4 is 45.4 Å². The number of ether oxygens (including phenoxy) is 1. The Kier molecular flexibility index (Phi) is 6.42. The standard InChI is InChI=1S/C25H19ClFN5O2/c1-3-5-14(4-2)16-13-31-18-8-10-30-25(21(18)23(16)33)32-15-6-7-19(17(27)12-15)34-20-9-11-29-24(28)22(20)26/h3-13H,1-2H2,(H2,28,29)(H,30,32)(H,31,33)/b14-5+. The number of nitrogens with one attached hydrogen (secondary N) is 2. The third-order valence-corrected chi connectivity index (χ3v) is 5.30. The summed E-state index contributed by atoms with van der Waals surface area (Å²) in [6.07, 6.45) is 9.38. The van der Waals surface area contributed by atoms with Crippen LogP contribution in [0.2, 0.25) is 5.02 Å². The van der Waals surface area contributed by atoms with Crippen molar-refractivity contribution < 1.29 is 9.13 Å². The second kappa shape index (κ2) is 9.60. The van der Waals surface area contributed by atoms with Crippen molar-refractivity contribution in [2.24, 2.45) is 0 Å². The number of aromatic amines is 1. The number of nitrogen functional groups attached to an aromatic ring is 1. The second-order valence-electron chi connectivity index (χ2n) is 7.06. The molecule has 0 amide bonds. The lowest BCUT2D eigenvalue weighted by molar-refractivity contribution is 0.442. The number of rotatable bonds is 7. The van der Waals surface area contributed by atoms with Crippen molar-refractivity contribution in [2.45, 2.75) is 0 Å². The minimum Gasteiger partial charge on any atom is -0.453 e. The van der Waals surface area contributed by atoms with E-state index in [-0.39, 0.29) is 33.6 Å². The smallest absolute Gasteiger partial charge is 0.200 e. The highest BCUT2D eigenvalue weighted by Crippen LogP contribution is 2.34. The number of hydrogen-bond acceptors (Lipinski definition) is 6. The van der Waals surface area contributed by atoms with Gasteiger partial charge in [-0.15, -0.1) is 0 Å². The van der Waals surface area contributed by atoms with E-state index in [4.69, 9.17) is 22.1 Å². The van der Waals surface area contributed by atoms with Crippen molar-refractivity contribution in [1.29, 1.82) is 0 Å². The van der Waals surface area contributed by atoms with Gasteiger partial charge in [-0.2, -0.15) is 0 Å². The highest BCUT2D eigenvalue weighted by atomic mass is 35.5. The van der Waals surface area contributed by atoms with Crippen LogP contribution < -0.4 is 21.2 Å². The van der Waals surface area contributed by atoms with Gasteiger partial charge in [0.05, 0.1) is 10.9 Å². The quantitative estimate of drug-likeness (QED) is 0.284. The lowest BCUT2D eigenvalue weighted by atomic mass is 10.0. The van der Waals surface area contributed by atoms with E-state index in [0.717, 1.165) is 0 Å². The van der Waals surface area contributed by atoms with Gasteiger partial charge in [0.25, 0.3) is 0 Å². The lowest BCUT2D eigenvalue weighted by Gasteiger charge is -2.12. The molecule has 34 heavy (non-hydrogen) atoms. The van der Waals surface area contributed by atoms with Crippen LogP contribution in [-0.4, -0.2) is 15.0 Å². The number of H-pyrrole nitrogens is 1. The minimum absolute atomic E-state index is 0.0609. The SMILES string of the molecule is C=C/C=C(\C=C)c1c[nH]c2ccnc(Nc3ccc(Oc4ccnc(N)c4Cl)c(F)c3)c2c1=O. The van der Waals surface area contributed by atoms with Gasteiger partial charge in [0.2, 0.25) is 5.43 Å². The number of nitrogens with two attached hydrogens (primary N) is 1. The number of hydrogen-bond donors (Lipinski definition) is 3. The van der Waals surface area contributed by atoms with E-state index in [1.165, 1.54) is 30.6 Å². The predicted molar refractivity (Wildman–Crippen MR) is 134 cm³/mol. The van der Waals surface area contributed by atoms with Crippen LogP contribution in [0.25, 0.3) is 16.5 Å². The highest BCUT2D eigenvalue weighted by molar-refractivity contribution is 6.34. The largest absolute Gasteiger partial charge is 0.453 e. The first-order valence-electron chi connectivity index (χ1n) is 10.0. The molecule has 9 heteroatoms. The molecule has 0 aliphatic carbocycles. The molecule has 1 aromatic carbocycles. The van der Waals surface area contributed by atoms with Gasteiger partial charge in [-0.05, 0) is 23.8 Å². The van der Waals surface area contributed by atoms with Gasteiger partial charge in [0, 0.05) is 42.0 Å². The van der Waals surface area contributed by atoms with E-state index in [0.29, 0.717) is 27.7 Å². The molecule has 7 nitrogen and oxygen atoms in total. The van der Waals surface area contributed by atoms with Gasteiger partial charge in [-0.1, -0.05) is 43.0 Å². The van der Waals surface area contributed by atoms with Crippen molar-refractivity contribution in [3.8, 4) is 11.5 Å². The number of allylic oxidation sites excluding steroid dienone is 4. The fraction of sp³-hybridized carbons (Fsp3) is 0. The molecule has 3 aromatic heterocycles. The molecule has 4 N–H and O–H groups in total. The first-order chi connectivity index (χ1) is 16.4. The molecule has 0 radical (unpaired) electrons. The van der Waals surface area contributed by atoms with Gasteiger partial charge >= 0.3 is 0 Å². The van der Waals surface area contributed by atoms with E-state index in [1.807, 2.05) is 0 Å². The maximum Gasteiger partial charge on any atom is 0.200 e. The summed E-state index contributed by atoms with van der Waals surface area (Å²) in [6, 6.07) is 7.39. The van der Waals surface area contributed by atoms with Crippen LogP contribution in [0, 0.1) is 5.82 Å². The zero-order chi connectivity index (χ0) is 24.2. The number of aromatic nitrogens is 3. The molecule has 0 saturated heterocycles. The number of halogens is 2. The number of nitrogens with zero attached hydrogens (tertiary/aromatic N) is 2. The molecule has 4 aromatic rings. The summed E-state index contributed by atoms with van der Waals surface area (Å²) in [7, 11) is 0. The van der Waals surface area contributed by atoms with E-state index in [2.05, 4.69) is 33.4 Å². The van der Waals surface area contributed by atoms with Crippen molar-refractivity contribution in [3.05, 3.63) is 107 Å². The Morgan fingerprint density at radius 1 is 1.18 bits per heavy atom. The molecule has 3 heterocycles. The summed E-state index contributed by atoms with van der Waals surface area (Å²) in [4.78, 5) is 24.5. The third-order valence-electron chi connectivity index (χ3n) is 4.92. The Morgan fingerprint density at radius 2 is 1.97 bits per heavy atom. The number of pyridine rings is 3. The predicted octanol–water partition coefficient (Wildman–Crippen LogP) is 5.98. The fourth-order valence-electron chi connectivity index (χ4n) is 3.30. The topological polar surface area (TPSA) is 106 Å². The molecular weight excluding hydrogens is 457 g/mol. The molecule has 0 saturated carbocycles. The molecule has 0 aliphatic rings. The Bertz CT molecular complexity index is 1510. The number of benzene rings is 1. The zero-order valence-corrected chi connectivity index (χ0v) is 18.6. The van der Waals surface area contributed by atoms with E-state index >= 15 is 0 Å². The maximum absolute atomic E-state index is 14.8. The lowest BCUT2D eigenvalue weighted by Crippen LogP contribution is -2.12. The minimum atomic E-state index is -0.658. The molecule has 0 fully saturated rings. The summed E-state index contributed by atoms with van der Waals surface area (Å²) >= 11 is 6.07. The van der Waals surface area contributed by atoms with Crippen LogP contribution in [0.3, 0.4) is 0 Å². The third kappa shape index (κ3) is 4.39. The Hall–Kier alpha value is -4.43. The molecule has 0 aliphatic heterocycles. The van der Waals surface area contributed by atoms with Crippen LogP contribution in [0.4, 0.5) is 21.7 Å². The van der Waals surface area contributed by atoms with Gasteiger partial charge < -0.3 is 20.8 Å². The van der Waals surface area contributed by atoms with Gasteiger partial charge in [-0.25, -0.2) is 14.4 Å². The van der Waals surface area contributed by atoms with E-state index in [1.54, 1.807) is 36.6 Å². The van der Waals surface area contributed by atoms with E-state index < -0.39 is 5.82 Å². The van der Waals surface area contributed by atoms with Crippen molar-refractivity contribution in [1.82, 2.24) is 15.0 Å². The Labute approximate surface area is 199 Å². The van der Waals surface area contributed by atoms with Crippen molar-refractivity contribution in [3.63, 3.8) is 0 Å². The van der Waals surface area contributed by atoms with Crippen LogP contribution in [-0.2, 0) is 0 Å². The maximum atomic E-state index is 14.8. The molecule has 0 atom stereocenters. The Morgan fingerprint density at radius 3 is 2.71 bits per heavy atom. The van der Waals surface area contributed by atoms with Crippen LogP contribution >= 0.6 is 11.6 Å². The highest BCUT2D eigenvalue weighted by Gasteiger charge is 2.15. The summed E-state index contributed by atoms with van der Waals surface area (Å²) in [5.41, 5.74) is 7.34. The fourth-order valence-corrected chi connectivity index (χ4v) is 3.45. The summed E-state index contributed by atoms with van der Waals surface area (Å²) in [6.45, 7) is 7.42. The molecule has 0 bridgehead atoms. The second-order valence-corrected chi connectivity index (χ2v) is 7.43. The van der Waals surface area contributed by atoms with Crippen LogP contribution in [0.5, 0.6) is 11.5 Å². The first kappa shape index (κ1) is 22.8. The number of fused-ring (bicyclic) bond motifs is 1. The van der Waals surface area contributed by atoms with Gasteiger partial charge in [0.1, 0.15) is 16.7 Å². The average Bonchev–Trinajstić information content (AvgIpc) is 2.83. The molecule has 0 spiro atoms. The Balaban J connectivity index is 1.70. The summed E-state index contributed by atoms with van der Waals surface area (Å²) < 4.78 is 20.3. The summed E-state index contributed by atoms with van der Waals surface area (Å²) in [5.74, 6) is -0.203. The molecular formula is C25H19ClFN5O2. The van der Waals surface area contributed by atoms with Gasteiger partial charge in [0.15, 0.2) is 17.3 Å². The first-order valence-corrected chi connectivity index (χ1v) is 10.4. The van der Waals surface area contributed by atoms with Crippen LogP contribution in [0.1, 0.15) is 5.56 Å². The normalized spacial score (nSPS) is 11.3. The zero-order valence-electron chi connectivity index (χ0n) is 17.8. The summed E-state index contributed by atoms with van der Waals surface area (Å²) in [5, 5.41) is 3.41. The van der Waals surface area contributed by atoms with Gasteiger partial charge in [-0.3, -0.25) is 4.79 Å². The monoisotopic (exact) mass is 475 g/mol. The van der Waals surface area contributed by atoms with Crippen molar-refractivity contribution in [2.75, 3.05) is 11.1 Å². The molecule has 0 unspecified atom stereocenters. The molecule has 170 valence electrons. The molecule has 4 rings (SSSR count). The van der Waals surface area contributed by atoms with Crippen LogP contribution in [0.15, 0.2) is 85.1 Å². The van der Waals surface area contributed by atoms with E-state index in [9.17, 15) is 9.18 Å².